The molecule has 1 N–H and O–H groups in total. The predicted molar refractivity (Wildman–Crippen MR) is 111 cm³/mol. The van der Waals surface area contributed by atoms with Crippen molar-refractivity contribution < 1.29 is 9.84 Å². The molecule has 1 aromatic rings. The minimum absolute atomic E-state index is 0.346. The fourth-order valence-corrected chi connectivity index (χ4v) is 3.26. The lowest BCUT2D eigenvalue weighted by Crippen LogP contribution is -2.26. The number of hydrogen-bond acceptors (Lipinski definition) is 2. The SMILES string of the molecule is CC(C)=CCCC(C)=CCCC(C)=CCC1(O)COc2ccc(C)cc21. The zero-order valence-electron chi connectivity index (χ0n) is 17.1. The molecule has 0 amide bonds. The van der Waals surface area contributed by atoms with Crippen molar-refractivity contribution in [1.82, 2.24) is 0 Å². The Morgan fingerprint density at radius 3 is 2.38 bits per heavy atom. The van der Waals surface area contributed by atoms with E-state index in [2.05, 4.69) is 45.9 Å². The Morgan fingerprint density at radius 1 is 1.04 bits per heavy atom. The molecule has 2 rings (SSSR count). The molecule has 1 heterocycles. The summed E-state index contributed by atoms with van der Waals surface area (Å²) in [5.41, 5.74) is 5.37. The fraction of sp³-hybridized carbons (Fsp3) is 0.500. The van der Waals surface area contributed by atoms with Crippen LogP contribution in [0, 0.1) is 6.92 Å². The lowest BCUT2D eigenvalue weighted by Gasteiger charge is -2.20. The molecule has 0 saturated carbocycles. The molecule has 1 aliphatic rings. The lowest BCUT2D eigenvalue weighted by molar-refractivity contribution is 0.0191. The van der Waals surface area contributed by atoms with Gasteiger partial charge in [0.1, 0.15) is 18.0 Å². The minimum Gasteiger partial charge on any atom is -0.490 e. The Hall–Kier alpha value is -1.80. The average Bonchev–Trinajstić information content (AvgIpc) is 2.90. The van der Waals surface area contributed by atoms with Crippen LogP contribution < -0.4 is 4.74 Å². The summed E-state index contributed by atoms with van der Waals surface area (Å²) in [7, 11) is 0. The number of fused-ring (bicyclic) bond motifs is 1. The summed E-state index contributed by atoms with van der Waals surface area (Å²) in [6, 6.07) is 6.03. The fourth-order valence-electron chi connectivity index (χ4n) is 3.26. The highest BCUT2D eigenvalue weighted by Crippen LogP contribution is 2.40. The molecule has 0 aromatic heterocycles. The van der Waals surface area contributed by atoms with Gasteiger partial charge in [-0.2, -0.15) is 0 Å². The molecule has 0 fully saturated rings. The molecule has 0 spiro atoms. The van der Waals surface area contributed by atoms with Gasteiger partial charge in [0.25, 0.3) is 0 Å². The number of benzene rings is 1. The summed E-state index contributed by atoms with van der Waals surface area (Å²) in [6.45, 7) is 11.1. The van der Waals surface area contributed by atoms with Gasteiger partial charge in [0, 0.05) is 12.0 Å². The molecule has 1 atom stereocenters. The summed E-state index contributed by atoms with van der Waals surface area (Å²) >= 11 is 0. The third-order valence-electron chi connectivity index (χ3n) is 5.01. The van der Waals surface area contributed by atoms with Crippen LogP contribution in [0.2, 0.25) is 0 Å². The van der Waals surface area contributed by atoms with E-state index >= 15 is 0 Å². The van der Waals surface area contributed by atoms with Crippen LogP contribution in [-0.4, -0.2) is 11.7 Å². The Morgan fingerprint density at radius 2 is 1.69 bits per heavy atom. The summed E-state index contributed by atoms with van der Waals surface area (Å²) < 4.78 is 5.67. The second-order valence-corrected chi connectivity index (χ2v) is 7.98. The van der Waals surface area contributed by atoms with Crippen molar-refractivity contribution in [2.45, 2.75) is 72.3 Å². The normalized spacial score (nSPS) is 19.9. The van der Waals surface area contributed by atoms with Crippen LogP contribution in [0.3, 0.4) is 0 Å². The number of aliphatic hydroxyl groups is 1. The average molecular weight is 355 g/mol. The molecule has 1 aliphatic heterocycles. The third kappa shape index (κ3) is 5.88. The van der Waals surface area contributed by atoms with Crippen LogP contribution >= 0.6 is 0 Å². The molecule has 0 aliphatic carbocycles. The molecule has 2 heteroatoms. The van der Waals surface area contributed by atoms with Crippen molar-refractivity contribution in [2.24, 2.45) is 0 Å². The molecule has 1 aromatic carbocycles. The van der Waals surface area contributed by atoms with Gasteiger partial charge in [0.05, 0.1) is 0 Å². The van der Waals surface area contributed by atoms with E-state index in [1.165, 1.54) is 16.7 Å². The Kier molecular flexibility index (Phi) is 7.28. The van der Waals surface area contributed by atoms with Gasteiger partial charge in [-0.3, -0.25) is 0 Å². The highest BCUT2D eigenvalue weighted by molar-refractivity contribution is 5.44. The number of rotatable bonds is 8. The Bertz CT molecular complexity index is 705. The van der Waals surface area contributed by atoms with Crippen LogP contribution in [0.25, 0.3) is 0 Å². The van der Waals surface area contributed by atoms with E-state index in [0.717, 1.165) is 42.6 Å². The molecular formula is C24H34O2. The van der Waals surface area contributed by atoms with Crippen molar-refractivity contribution >= 4 is 0 Å². The van der Waals surface area contributed by atoms with Crippen molar-refractivity contribution in [1.29, 1.82) is 0 Å². The maximum Gasteiger partial charge on any atom is 0.130 e. The standard InChI is InChI=1S/C24H34O2/c1-18(2)8-6-9-19(3)10-7-11-20(4)14-15-24(25)17-26-23-13-12-21(5)16-22(23)24/h8,10,12-14,16,25H,6-7,9,11,15,17H2,1-5H3. The monoisotopic (exact) mass is 354 g/mol. The molecule has 26 heavy (non-hydrogen) atoms. The zero-order valence-corrected chi connectivity index (χ0v) is 17.1. The molecule has 0 saturated heterocycles. The van der Waals surface area contributed by atoms with Crippen LogP contribution in [0.5, 0.6) is 5.75 Å². The van der Waals surface area contributed by atoms with Gasteiger partial charge < -0.3 is 9.84 Å². The largest absolute Gasteiger partial charge is 0.490 e. The summed E-state index contributed by atoms with van der Waals surface area (Å²) in [4.78, 5) is 0. The zero-order chi connectivity index (χ0) is 19.2. The second kappa shape index (κ2) is 9.23. The first-order valence-corrected chi connectivity index (χ1v) is 9.71. The van der Waals surface area contributed by atoms with Gasteiger partial charge in [-0.15, -0.1) is 0 Å². The first-order valence-electron chi connectivity index (χ1n) is 9.71. The maximum atomic E-state index is 11.0. The van der Waals surface area contributed by atoms with Gasteiger partial charge in [0.2, 0.25) is 0 Å². The molecule has 0 bridgehead atoms. The molecule has 1 unspecified atom stereocenters. The number of ether oxygens (including phenoxy) is 1. The van der Waals surface area contributed by atoms with Crippen molar-refractivity contribution in [3.8, 4) is 5.75 Å². The van der Waals surface area contributed by atoms with Crippen molar-refractivity contribution in [3.63, 3.8) is 0 Å². The van der Waals surface area contributed by atoms with Crippen LogP contribution in [0.4, 0.5) is 0 Å². The first kappa shape index (κ1) is 20.5. The minimum atomic E-state index is -0.890. The Balaban J connectivity index is 1.86. The van der Waals surface area contributed by atoms with E-state index in [4.69, 9.17) is 4.74 Å². The van der Waals surface area contributed by atoms with Crippen molar-refractivity contribution in [3.05, 3.63) is 64.3 Å². The van der Waals surface area contributed by atoms with E-state index in [0.29, 0.717) is 13.0 Å². The maximum absolute atomic E-state index is 11.0. The predicted octanol–water partition coefficient (Wildman–Crippen LogP) is 6.38. The quantitative estimate of drug-likeness (QED) is 0.548. The third-order valence-corrected chi connectivity index (χ3v) is 5.01. The van der Waals surface area contributed by atoms with E-state index in [9.17, 15) is 5.11 Å². The molecule has 142 valence electrons. The summed E-state index contributed by atoms with van der Waals surface area (Å²) in [5, 5.41) is 11.0. The van der Waals surface area contributed by atoms with Crippen LogP contribution in [0.15, 0.2) is 53.1 Å². The molecule has 0 radical (unpaired) electrons. The van der Waals surface area contributed by atoms with Gasteiger partial charge in [0.15, 0.2) is 0 Å². The van der Waals surface area contributed by atoms with E-state index in [1.54, 1.807) is 0 Å². The van der Waals surface area contributed by atoms with E-state index < -0.39 is 5.60 Å². The van der Waals surface area contributed by atoms with Gasteiger partial charge in [-0.05, 0) is 72.4 Å². The topological polar surface area (TPSA) is 29.5 Å². The van der Waals surface area contributed by atoms with Crippen LogP contribution in [0.1, 0.15) is 70.9 Å². The van der Waals surface area contributed by atoms with Gasteiger partial charge >= 0.3 is 0 Å². The summed E-state index contributed by atoms with van der Waals surface area (Å²) in [5.74, 6) is 0.819. The highest BCUT2D eigenvalue weighted by Gasteiger charge is 2.37. The lowest BCUT2D eigenvalue weighted by atomic mass is 9.90. The van der Waals surface area contributed by atoms with Gasteiger partial charge in [-0.1, -0.05) is 46.6 Å². The van der Waals surface area contributed by atoms with Crippen molar-refractivity contribution in [2.75, 3.05) is 6.61 Å². The smallest absolute Gasteiger partial charge is 0.130 e. The number of allylic oxidation sites excluding steroid dienone is 5. The van der Waals surface area contributed by atoms with E-state index in [1.807, 2.05) is 25.1 Å². The summed E-state index contributed by atoms with van der Waals surface area (Å²) in [6.07, 6.45) is 11.8. The molecular weight excluding hydrogens is 320 g/mol. The van der Waals surface area contributed by atoms with Crippen LogP contribution in [-0.2, 0) is 5.60 Å². The van der Waals surface area contributed by atoms with Gasteiger partial charge in [-0.25, -0.2) is 0 Å². The first-order chi connectivity index (χ1) is 12.3. The van der Waals surface area contributed by atoms with E-state index in [-0.39, 0.29) is 0 Å². The highest BCUT2D eigenvalue weighted by atomic mass is 16.5. The Labute approximate surface area is 159 Å². The number of hydrogen-bond donors (Lipinski definition) is 1. The molecule has 2 nitrogen and oxygen atoms in total. The second-order valence-electron chi connectivity index (χ2n) is 7.98. The number of aryl methyl sites for hydroxylation is 1.